The molecular formula is C6H13NO3. The molecule has 10 heavy (non-hydrogen) atoms. The van der Waals surface area contributed by atoms with Gasteiger partial charge in [-0.05, 0) is 6.42 Å². The zero-order chi connectivity index (χ0) is 7.98. The van der Waals surface area contributed by atoms with Crippen molar-refractivity contribution in [2.24, 2.45) is 0 Å². The summed E-state index contributed by atoms with van der Waals surface area (Å²) in [5, 5.41) is 18.7. The minimum absolute atomic E-state index is 0.319. The lowest BCUT2D eigenvalue weighted by Gasteiger charge is -2.02. The summed E-state index contributed by atoms with van der Waals surface area (Å²) in [4.78, 5) is 9.33. The molecule has 0 saturated carbocycles. The first-order valence-electron chi connectivity index (χ1n) is 3.46. The highest BCUT2D eigenvalue weighted by Crippen LogP contribution is 1.99. The van der Waals surface area contributed by atoms with Crippen LogP contribution in [-0.4, -0.2) is 22.7 Å². The topological polar surface area (TPSA) is 63.4 Å². The Hall–Kier alpha value is -0.640. The molecule has 0 aliphatic carbocycles. The molecular weight excluding hydrogens is 134 g/mol. The molecule has 4 heteroatoms. The quantitative estimate of drug-likeness (QED) is 0.462. The number of hydrogen-bond acceptors (Lipinski definition) is 3. The van der Waals surface area contributed by atoms with Crippen molar-refractivity contribution in [3.8, 4) is 0 Å². The standard InChI is InChI=1S/C6H13NO3/c1-2-3-4-6(8)5-7(9)10/h6,8H,2-5H2,1H3/t6-/m1/s1. The fourth-order valence-electron chi connectivity index (χ4n) is 0.703. The Kier molecular flexibility index (Phi) is 4.84. The Morgan fingerprint density at radius 2 is 2.30 bits per heavy atom. The van der Waals surface area contributed by atoms with Crippen LogP contribution < -0.4 is 0 Å². The van der Waals surface area contributed by atoms with E-state index in [1.807, 2.05) is 6.92 Å². The number of aliphatic hydroxyl groups excluding tert-OH is 1. The van der Waals surface area contributed by atoms with E-state index >= 15 is 0 Å². The number of nitrogens with zero attached hydrogens (tertiary/aromatic N) is 1. The van der Waals surface area contributed by atoms with E-state index in [4.69, 9.17) is 5.11 Å². The molecule has 0 radical (unpaired) electrons. The summed E-state index contributed by atoms with van der Waals surface area (Å²) in [6.07, 6.45) is 1.61. The van der Waals surface area contributed by atoms with Gasteiger partial charge in [-0.3, -0.25) is 10.1 Å². The van der Waals surface area contributed by atoms with Crippen LogP contribution in [0.5, 0.6) is 0 Å². The molecule has 60 valence electrons. The number of hydrogen-bond donors (Lipinski definition) is 1. The fraction of sp³-hybridized carbons (Fsp3) is 1.00. The van der Waals surface area contributed by atoms with Crippen LogP contribution in [0.15, 0.2) is 0 Å². The fourth-order valence-corrected chi connectivity index (χ4v) is 0.703. The van der Waals surface area contributed by atoms with E-state index in [1.54, 1.807) is 0 Å². The molecule has 1 atom stereocenters. The van der Waals surface area contributed by atoms with Crippen LogP contribution in [0.2, 0.25) is 0 Å². The van der Waals surface area contributed by atoms with Gasteiger partial charge < -0.3 is 5.11 Å². The lowest BCUT2D eigenvalue weighted by molar-refractivity contribution is -0.490. The maximum atomic E-state index is 9.82. The smallest absolute Gasteiger partial charge is 0.229 e. The Balaban J connectivity index is 3.25. The molecule has 0 aromatic carbocycles. The average Bonchev–Trinajstić information content (AvgIpc) is 1.82. The van der Waals surface area contributed by atoms with Gasteiger partial charge in [0.05, 0.1) is 0 Å². The van der Waals surface area contributed by atoms with Crippen molar-refractivity contribution in [3.63, 3.8) is 0 Å². The van der Waals surface area contributed by atoms with Gasteiger partial charge in [-0.15, -0.1) is 0 Å². The molecule has 0 aliphatic rings. The summed E-state index contributed by atoms with van der Waals surface area (Å²) in [5.41, 5.74) is 0. The van der Waals surface area contributed by atoms with Gasteiger partial charge in [0.1, 0.15) is 6.10 Å². The second-order valence-corrected chi connectivity index (χ2v) is 2.31. The van der Waals surface area contributed by atoms with E-state index in [2.05, 4.69) is 0 Å². The lowest BCUT2D eigenvalue weighted by Crippen LogP contribution is -2.18. The van der Waals surface area contributed by atoms with Crippen LogP contribution in [-0.2, 0) is 0 Å². The molecule has 0 rings (SSSR count). The highest BCUT2D eigenvalue weighted by atomic mass is 16.6. The molecule has 1 N–H and O–H groups in total. The Labute approximate surface area is 60.0 Å². The third-order valence-electron chi connectivity index (χ3n) is 1.25. The Bertz CT molecular complexity index is 105. The molecule has 0 aliphatic heterocycles. The SMILES string of the molecule is CCCC[C@@H](O)C[N+](=O)[O-]. The van der Waals surface area contributed by atoms with Crippen molar-refractivity contribution in [1.82, 2.24) is 0 Å². The molecule has 0 amide bonds. The number of nitro groups is 1. The maximum Gasteiger partial charge on any atom is 0.229 e. The first-order chi connectivity index (χ1) is 4.66. The van der Waals surface area contributed by atoms with Gasteiger partial charge in [-0.2, -0.15) is 0 Å². The van der Waals surface area contributed by atoms with E-state index in [9.17, 15) is 10.1 Å². The summed E-state index contributed by atoms with van der Waals surface area (Å²) < 4.78 is 0. The summed E-state index contributed by atoms with van der Waals surface area (Å²) in [6.45, 7) is 1.67. The Morgan fingerprint density at radius 3 is 2.70 bits per heavy atom. The van der Waals surface area contributed by atoms with Crippen LogP contribution in [0.4, 0.5) is 0 Å². The van der Waals surface area contributed by atoms with Crippen molar-refractivity contribution in [2.75, 3.05) is 6.54 Å². The first-order valence-corrected chi connectivity index (χ1v) is 3.46. The molecule has 0 spiro atoms. The summed E-state index contributed by atoms with van der Waals surface area (Å²) in [7, 11) is 0. The van der Waals surface area contributed by atoms with Crippen molar-refractivity contribution in [1.29, 1.82) is 0 Å². The van der Waals surface area contributed by atoms with E-state index in [0.717, 1.165) is 12.8 Å². The second kappa shape index (κ2) is 5.17. The number of aliphatic hydroxyl groups is 1. The van der Waals surface area contributed by atoms with Crippen LogP contribution in [0.25, 0.3) is 0 Å². The van der Waals surface area contributed by atoms with E-state index in [-0.39, 0.29) is 6.54 Å². The summed E-state index contributed by atoms with van der Waals surface area (Å²) >= 11 is 0. The highest BCUT2D eigenvalue weighted by molar-refractivity contribution is 4.51. The van der Waals surface area contributed by atoms with Crippen LogP contribution >= 0.6 is 0 Å². The normalized spacial score (nSPS) is 13.0. The molecule has 4 nitrogen and oxygen atoms in total. The minimum atomic E-state index is -0.755. The first kappa shape index (κ1) is 9.36. The summed E-state index contributed by atoms with van der Waals surface area (Å²) in [6, 6.07) is 0. The molecule has 0 unspecified atom stereocenters. The second-order valence-electron chi connectivity index (χ2n) is 2.31. The molecule has 0 aromatic heterocycles. The van der Waals surface area contributed by atoms with E-state index in [0.29, 0.717) is 6.42 Å². The van der Waals surface area contributed by atoms with Crippen molar-refractivity contribution >= 4 is 0 Å². The van der Waals surface area contributed by atoms with Crippen molar-refractivity contribution in [2.45, 2.75) is 32.3 Å². The molecule has 0 heterocycles. The van der Waals surface area contributed by atoms with Gasteiger partial charge >= 0.3 is 0 Å². The molecule has 0 bridgehead atoms. The molecule has 0 saturated heterocycles. The highest BCUT2D eigenvalue weighted by Gasteiger charge is 2.09. The molecule has 0 fully saturated rings. The van der Waals surface area contributed by atoms with Gasteiger partial charge in [0.15, 0.2) is 0 Å². The zero-order valence-electron chi connectivity index (χ0n) is 6.12. The predicted molar refractivity (Wildman–Crippen MR) is 37.4 cm³/mol. The van der Waals surface area contributed by atoms with Crippen LogP contribution in [0.1, 0.15) is 26.2 Å². The van der Waals surface area contributed by atoms with Gasteiger partial charge in [0, 0.05) is 4.92 Å². The van der Waals surface area contributed by atoms with Gasteiger partial charge in [-0.1, -0.05) is 19.8 Å². The van der Waals surface area contributed by atoms with Crippen LogP contribution in [0, 0.1) is 10.1 Å². The molecule has 0 aromatic rings. The lowest BCUT2D eigenvalue weighted by atomic mass is 10.2. The largest absolute Gasteiger partial charge is 0.386 e. The number of rotatable bonds is 5. The van der Waals surface area contributed by atoms with Crippen LogP contribution in [0.3, 0.4) is 0 Å². The zero-order valence-corrected chi connectivity index (χ0v) is 6.12. The maximum absolute atomic E-state index is 9.82. The predicted octanol–water partition coefficient (Wildman–Crippen LogP) is 0.814. The Morgan fingerprint density at radius 1 is 1.70 bits per heavy atom. The van der Waals surface area contributed by atoms with Gasteiger partial charge in [0.25, 0.3) is 0 Å². The third-order valence-corrected chi connectivity index (χ3v) is 1.25. The van der Waals surface area contributed by atoms with E-state index in [1.165, 1.54) is 0 Å². The van der Waals surface area contributed by atoms with Gasteiger partial charge in [-0.25, -0.2) is 0 Å². The van der Waals surface area contributed by atoms with E-state index < -0.39 is 11.0 Å². The monoisotopic (exact) mass is 147 g/mol. The minimum Gasteiger partial charge on any atom is -0.386 e. The average molecular weight is 147 g/mol. The summed E-state index contributed by atoms with van der Waals surface area (Å²) in [5.74, 6) is 0. The third kappa shape index (κ3) is 5.50. The number of unbranched alkanes of at least 4 members (excludes halogenated alkanes) is 1. The van der Waals surface area contributed by atoms with Crippen molar-refractivity contribution in [3.05, 3.63) is 10.1 Å². The van der Waals surface area contributed by atoms with Gasteiger partial charge in [0.2, 0.25) is 6.54 Å². The van der Waals surface area contributed by atoms with Crippen molar-refractivity contribution < 1.29 is 10.0 Å².